The first-order chi connectivity index (χ1) is 23.7. The first kappa shape index (κ1) is 42.8. The van der Waals surface area contributed by atoms with Crippen molar-refractivity contribution >= 4 is 5.91 Å². The number of aryl methyl sites for hydroxylation is 1. The third-order valence-corrected chi connectivity index (χ3v) is 12.0. The lowest BCUT2D eigenvalue weighted by molar-refractivity contribution is -0.125. The fraction of sp³-hybridized carbons (Fsp3) is 0.925. The van der Waals surface area contributed by atoms with Gasteiger partial charge in [0.2, 0.25) is 5.91 Å². The Labute approximate surface area is 305 Å². The number of aromatic nitrogens is 3. The van der Waals surface area contributed by atoms with E-state index in [1.165, 1.54) is 77.0 Å². The minimum atomic E-state index is -0.566. The zero-order valence-corrected chi connectivity index (χ0v) is 33.0. The van der Waals surface area contributed by atoms with Gasteiger partial charge in [-0.05, 0) is 89.4 Å². The lowest BCUT2D eigenvalue weighted by Gasteiger charge is -2.46. The summed E-state index contributed by atoms with van der Waals surface area (Å²) >= 11 is 0. The van der Waals surface area contributed by atoms with Gasteiger partial charge in [-0.25, -0.2) is 0 Å². The highest BCUT2D eigenvalue weighted by molar-refractivity contribution is 5.77. The Morgan fingerprint density at radius 1 is 0.900 bits per heavy atom. The molecule has 50 heavy (non-hydrogen) atoms. The summed E-state index contributed by atoms with van der Waals surface area (Å²) in [7, 11) is 0. The number of amides is 1. The Morgan fingerprint density at radius 2 is 1.62 bits per heavy atom. The van der Waals surface area contributed by atoms with E-state index in [2.05, 4.69) is 36.4 Å². The summed E-state index contributed by atoms with van der Waals surface area (Å²) in [4.78, 5) is 12.7. The summed E-state index contributed by atoms with van der Waals surface area (Å²) in [5.74, 6) is 1.70. The number of nitrogens with zero attached hydrogens (tertiary/aromatic N) is 3. The van der Waals surface area contributed by atoms with Crippen molar-refractivity contribution in [3.05, 3.63) is 11.9 Å². The summed E-state index contributed by atoms with van der Waals surface area (Å²) in [5.41, 5.74) is 13.0. The average molecular weight is 705 g/mol. The molecule has 1 aromatic rings. The van der Waals surface area contributed by atoms with Crippen LogP contribution in [0.4, 0.5) is 0 Å². The third-order valence-electron chi connectivity index (χ3n) is 12.0. The molecule has 0 saturated heterocycles. The third kappa shape index (κ3) is 15.6. The normalized spacial score (nSPS) is 31.8. The smallest absolute Gasteiger partial charge is 0.222 e. The van der Waals surface area contributed by atoms with Gasteiger partial charge in [0, 0.05) is 24.0 Å². The van der Waals surface area contributed by atoms with E-state index in [-0.39, 0.29) is 17.9 Å². The van der Waals surface area contributed by atoms with Crippen LogP contribution in [0.1, 0.15) is 163 Å². The molecule has 1 heterocycles. The number of hydrogen-bond donors (Lipinski definition) is 3. The van der Waals surface area contributed by atoms with Crippen LogP contribution in [-0.2, 0) is 32.2 Å². The van der Waals surface area contributed by atoms with Gasteiger partial charge in [-0.2, -0.15) is 0 Å². The number of nitrogens with two attached hydrogens (primary N) is 2. The molecule has 2 fully saturated rings. The number of rotatable bonds is 18. The van der Waals surface area contributed by atoms with Crippen LogP contribution in [0, 0.1) is 17.3 Å². The maximum atomic E-state index is 12.7. The van der Waals surface area contributed by atoms with Crippen molar-refractivity contribution in [1.29, 1.82) is 0 Å². The molecule has 2 saturated carbocycles. The molecule has 10 nitrogen and oxygen atoms in total. The summed E-state index contributed by atoms with van der Waals surface area (Å²) in [5, 5.41) is 11.8. The predicted molar refractivity (Wildman–Crippen MR) is 203 cm³/mol. The molecule has 290 valence electrons. The second-order valence-electron chi connectivity index (χ2n) is 17.4. The highest BCUT2D eigenvalue weighted by Gasteiger charge is 2.48. The van der Waals surface area contributed by atoms with Crippen LogP contribution in [0.5, 0.6) is 0 Å². The molecule has 0 spiro atoms. The fourth-order valence-corrected chi connectivity index (χ4v) is 8.60. The molecular formula is C40H76N6O4. The van der Waals surface area contributed by atoms with Crippen LogP contribution >= 0.6 is 0 Å². The van der Waals surface area contributed by atoms with Crippen molar-refractivity contribution in [2.75, 3.05) is 33.0 Å². The number of carbonyl (C=O) groups excluding carboxylic acids is 1. The van der Waals surface area contributed by atoms with Crippen LogP contribution in [-0.4, -0.2) is 70.6 Å². The van der Waals surface area contributed by atoms with Crippen LogP contribution < -0.4 is 16.8 Å². The Balaban J connectivity index is 1.22. The van der Waals surface area contributed by atoms with E-state index >= 15 is 0 Å². The van der Waals surface area contributed by atoms with E-state index in [0.717, 1.165) is 49.8 Å². The van der Waals surface area contributed by atoms with E-state index in [1.807, 2.05) is 31.6 Å². The van der Waals surface area contributed by atoms with Crippen LogP contribution in [0.25, 0.3) is 0 Å². The van der Waals surface area contributed by atoms with Gasteiger partial charge < -0.3 is 31.0 Å². The Kier molecular flexibility index (Phi) is 18.2. The van der Waals surface area contributed by atoms with Crippen molar-refractivity contribution in [1.82, 2.24) is 20.3 Å². The van der Waals surface area contributed by atoms with Gasteiger partial charge in [-0.1, -0.05) is 83.8 Å². The van der Waals surface area contributed by atoms with E-state index in [4.69, 9.17) is 25.7 Å². The average Bonchev–Trinajstić information content (AvgIpc) is 3.46. The van der Waals surface area contributed by atoms with Gasteiger partial charge in [-0.15, -0.1) is 5.10 Å². The SMILES string of the molecule is CCC1CCCCCCC(C)(CCCCn2cc(COCCOCCOCCC(=O)NC3(C)CC(C)(N)CCCC3(C)N)nn2)CC(C)CC1. The number of nitrogens with one attached hydrogen (secondary N) is 1. The molecule has 3 rings (SSSR count). The van der Waals surface area contributed by atoms with Crippen molar-refractivity contribution in [3.63, 3.8) is 0 Å². The maximum Gasteiger partial charge on any atom is 0.222 e. The quantitative estimate of drug-likeness (QED) is 0.106. The molecule has 6 unspecified atom stereocenters. The summed E-state index contributed by atoms with van der Waals surface area (Å²) < 4.78 is 19.0. The van der Waals surface area contributed by atoms with Gasteiger partial charge in [-0.3, -0.25) is 9.48 Å². The molecule has 0 aromatic carbocycles. The first-order valence-electron chi connectivity index (χ1n) is 20.3. The Bertz CT molecular complexity index is 1100. The van der Waals surface area contributed by atoms with Gasteiger partial charge in [0.15, 0.2) is 0 Å². The number of carbonyl (C=O) groups is 1. The lowest BCUT2D eigenvalue weighted by Crippen LogP contribution is -2.67. The zero-order valence-electron chi connectivity index (χ0n) is 33.0. The molecular weight excluding hydrogens is 628 g/mol. The summed E-state index contributed by atoms with van der Waals surface area (Å²) in [6, 6.07) is 0. The van der Waals surface area contributed by atoms with Gasteiger partial charge in [0.25, 0.3) is 0 Å². The van der Waals surface area contributed by atoms with Crippen molar-refractivity contribution in [3.8, 4) is 0 Å². The van der Waals surface area contributed by atoms with E-state index in [9.17, 15) is 4.79 Å². The van der Waals surface area contributed by atoms with Crippen LogP contribution in [0.2, 0.25) is 0 Å². The van der Waals surface area contributed by atoms with E-state index in [0.29, 0.717) is 51.5 Å². The molecule has 0 aliphatic heterocycles. The van der Waals surface area contributed by atoms with Crippen molar-refractivity contribution < 1.29 is 19.0 Å². The Hall–Kier alpha value is -1.59. The predicted octanol–water partition coefficient (Wildman–Crippen LogP) is 7.47. The lowest BCUT2D eigenvalue weighted by atomic mass is 9.72. The number of unbranched alkanes of at least 4 members (excludes halogenated alkanes) is 1. The first-order valence-corrected chi connectivity index (χ1v) is 20.3. The zero-order chi connectivity index (χ0) is 36.5. The van der Waals surface area contributed by atoms with Crippen molar-refractivity contribution in [2.24, 2.45) is 28.7 Å². The van der Waals surface area contributed by atoms with Crippen LogP contribution in [0.3, 0.4) is 0 Å². The molecule has 6 atom stereocenters. The molecule has 1 aromatic heterocycles. The van der Waals surface area contributed by atoms with Gasteiger partial charge in [0.1, 0.15) is 5.69 Å². The maximum absolute atomic E-state index is 12.7. The highest BCUT2D eigenvalue weighted by atomic mass is 16.5. The Morgan fingerprint density at radius 3 is 2.38 bits per heavy atom. The van der Waals surface area contributed by atoms with Gasteiger partial charge >= 0.3 is 0 Å². The van der Waals surface area contributed by atoms with Crippen molar-refractivity contribution in [2.45, 2.75) is 187 Å². The minimum absolute atomic E-state index is 0.0661. The summed E-state index contributed by atoms with van der Waals surface area (Å²) in [6.45, 7) is 17.0. The number of ether oxygens (including phenoxy) is 3. The molecule has 2 aliphatic rings. The molecule has 1 amide bonds. The van der Waals surface area contributed by atoms with E-state index < -0.39 is 11.1 Å². The second-order valence-corrected chi connectivity index (χ2v) is 17.4. The fourth-order valence-electron chi connectivity index (χ4n) is 8.60. The molecule has 0 bridgehead atoms. The monoisotopic (exact) mass is 705 g/mol. The molecule has 10 heteroatoms. The molecule has 5 N–H and O–H groups in total. The van der Waals surface area contributed by atoms with E-state index in [1.54, 1.807) is 0 Å². The molecule has 2 aliphatic carbocycles. The summed E-state index contributed by atoms with van der Waals surface area (Å²) in [6.07, 6.45) is 23.3. The standard InChI is InChI=1S/C40H76N6O4/c1-7-34-15-10-8-9-11-19-37(3,29-33(2)16-17-34)20-12-13-23-46-30-35(44-45-46)31-50-28-27-49-26-25-48-24-18-36(47)43-40(6)32-38(4,41)21-14-22-39(40,5)42/h30,33-34H,7-29,31-32,41-42H2,1-6H3,(H,43,47). The topological polar surface area (TPSA) is 140 Å². The van der Waals surface area contributed by atoms with Crippen LogP contribution in [0.15, 0.2) is 6.20 Å². The minimum Gasteiger partial charge on any atom is -0.379 e. The molecule has 0 radical (unpaired) electrons. The number of hydrogen-bond acceptors (Lipinski definition) is 8. The van der Waals surface area contributed by atoms with Gasteiger partial charge in [0.05, 0.1) is 51.4 Å². The largest absolute Gasteiger partial charge is 0.379 e. The second kappa shape index (κ2) is 21.2. The highest BCUT2D eigenvalue weighted by Crippen LogP contribution is 2.40.